The van der Waals surface area contributed by atoms with E-state index in [1.165, 1.54) is 22.3 Å². The minimum absolute atomic E-state index is 0.0560. The van der Waals surface area contributed by atoms with Gasteiger partial charge in [-0.05, 0) is 37.0 Å². The number of hydrogen-bond acceptors (Lipinski definition) is 4. The molecule has 0 unspecified atom stereocenters. The summed E-state index contributed by atoms with van der Waals surface area (Å²) in [6.45, 7) is 0. The standard InChI is InChI=1S/C15H10FNO2S/c16-10-6-2-1-4-8(10)13-17-14-12(15(18)19-13)9-5-3-7-11(9)20-14/h1-2,4,6H,3,5,7H2. The minimum Gasteiger partial charge on any atom is -0.403 e. The molecule has 0 amide bonds. The van der Waals surface area contributed by atoms with Crippen LogP contribution in [0.1, 0.15) is 16.9 Å². The van der Waals surface area contributed by atoms with Gasteiger partial charge in [0.15, 0.2) is 0 Å². The van der Waals surface area contributed by atoms with E-state index in [0.29, 0.717) is 10.2 Å². The molecule has 1 aliphatic rings. The van der Waals surface area contributed by atoms with E-state index in [9.17, 15) is 9.18 Å². The Labute approximate surface area is 117 Å². The Hall–Kier alpha value is -2.01. The molecule has 3 aromatic rings. The lowest BCUT2D eigenvalue weighted by Gasteiger charge is -2.01. The maximum atomic E-state index is 13.8. The summed E-state index contributed by atoms with van der Waals surface area (Å²) in [7, 11) is 0. The summed E-state index contributed by atoms with van der Waals surface area (Å²) in [5.41, 5.74) is 0.888. The predicted octanol–water partition coefficient (Wildman–Crippen LogP) is 3.54. The van der Waals surface area contributed by atoms with Gasteiger partial charge in [0.25, 0.3) is 0 Å². The maximum Gasteiger partial charge on any atom is 0.348 e. The van der Waals surface area contributed by atoms with E-state index in [1.807, 2.05) is 0 Å². The van der Waals surface area contributed by atoms with Crippen molar-refractivity contribution in [1.29, 1.82) is 0 Å². The average molecular weight is 287 g/mol. The molecule has 1 aromatic carbocycles. The molecule has 100 valence electrons. The number of rotatable bonds is 1. The number of hydrogen-bond donors (Lipinski definition) is 0. The van der Waals surface area contributed by atoms with E-state index in [2.05, 4.69) is 4.98 Å². The molecule has 5 heteroatoms. The van der Waals surface area contributed by atoms with E-state index in [-0.39, 0.29) is 11.5 Å². The van der Waals surface area contributed by atoms with Crippen molar-refractivity contribution >= 4 is 21.6 Å². The van der Waals surface area contributed by atoms with Crippen LogP contribution in [0.2, 0.25) is 0 Å². The third kappa shape index (κ3) is 1.63. The Morgan fingerprint density at radius 1 is 1.25 bits per heavy atom. The number of thiophene rings is 1. The van der Waals surface area contributed by atoms with Crippen molar-refractivity contribution in [3.63, 3.8) is 0 Å². The van der Waals surface area contributed by atoms with Gasteiger partial charge in [0, 0.05) is 4.88 Å². The highest BCUT2D eigenvalue weighted by Crippen LogP contribution is 2.35. The van der Waals surface area contributed by atoms with Crippen LogP contribution in [0.5, 0.6) is 0 Å². The minimum atomic E-state index is -0.438. The summed E-state index contributed by atoms with van der Waals surface area (Å²) in [5, 5.41) is 0.586. The Morgan fingerprint density at radius 3 is 2.95 bits per heavy atom. The molecule has 0 N–H and O–H groups in total. The van der Waals surface area contributed by atoms with Crippen molar-refractivity contribution in [2.24, 2.45) is 0 Å². The number of benzene rings is 1. The van der Waals surface area contributed by atoms with Gasteiger partial charge in [-0.15, -0.1) is 11.3 Å². The molecule has 1 aliphatic carbocycles. The summed E-state index contributed by atoms with van der Waals surface area (Å²) in [5.74, 6) is -0.382. The van der Waals surface area contributed by atoms with Gasteiger partial charge >= 0.3 is 5.63 Å². The highest BCUT2D eigenvalue weighted by atomic mass is 32.1. The van der Waals surface area contributed by atoms with Gasteiger partial charge < -0.3 is 4.42 Å². The molecule has 0 atom stereocenters. The molecule has 2 heterocycles. The average Bonchev–Trinajstić information content (AvgIpc) is 2.98. The Kier molecular flexibility index (Phi) is 2.50. The molecule has 2 aromatic heterocycles. The lowest BCUT2D eigenvalue weighted by molar-refractivity contribution is 0.512. The van der Waals surface area contributed by atoms with E-state index in [0.717, 1.165) is 24.8 Å². The van der Waals surface area contributed by atoms with Gasteiger partial charge in [-0.25, -0.2) is 14.2 Å². The third-order valence-electron chi connectivity index (χ3n) is 3.60. The summed E-state index contributed by atoms with van der Waals surface area (Å²) in [6.07, 6.45) is 2.97. The van der Waals surface area contributed by atoms with Crippen LogP contribution in [0.4, 0.5) is 4.39 Å². The second-order valence-corrected chi connectivity index (χ2v) is 5.91. The van der Waals surface area contributed by atoms with E-state index in [1.54, 1.807) is 18.2 Å². The first kappa shape index (κ1) is 11.8. The highest BCUT2D eigenvalue weighted by Gasteiger charge is 2.22. The van der Waals surface area contributed by atoms with Crippen molar-refractivity contribution in [3.8, 4) is 11.5 Å². The SMILES string of the molecule is O=c1oc(-c2ccccc2F)nc2sc3c(c12)CCC3. The van der Waals surface area contributed by atoms with E-state index in [4.69, 9.17) is 4.42 Å². The van der Waals surface area contributed by atoms with Crippen LogP contribution in [-0.2, 0) is 12.8 Å². The lowest BCUT2D eigenvalue weighted by Crippen LogP contribution is -2.03. The molecule has 20 heavy (non-hydrogen) atoms. The molecule has 0 aliphatic heterocycles. The second-order valence-electron chi connectivity index (χ2n) is 4.82. The topological polar surface area (TPSA) is 43.1 Å². The summed E-state index contributed by atoms with van der Waals surface area (Å²) >= 11 is 1.52. The summed E-state index contributed by atoms with van der Waals surface area (Å²) in [6, 6.07) is 6.18. The maximum absolute atomic E-state index is 13.8. The number of halogens is 1. The van der Waals surface area contributed by atoms with Crippen LogP contribution in [-0.4, -0.2) is 4.98 Å². The van der Waals surface area contributed by atoms with Crippen LogP contribution in [0.25, 0.3) is 21.7 Å². The lowest BCUT2D eigenvalue weighted by atomic mass is 10.2. The molecule has 3 nitrogen and oxygen atoms in total. The molecular weight excluding hydrogens is 277 g/mol. The van der Waals surface area contributed by atoms with Gasteiger partial charge in [-0.1, -0.05) is 12.1 Å². The fraction of sp³-hybridized carbons (Fsp3) is 0.200. The van der Waals surface area contributed by atoms with Crippen LogP contribution in [0.15, 0.2) is 33.5 Å². The van der Waals surface area contributed by atoms with Crippen molar-refractivity contribution in [2.45, 2.75) is 19.3 Å². The molecular formula is C15H10FNO2S. The molecule has 0 saturated heterocycles. The van der Waals surface area contributed by atoms with Crippen LogP contribution in [0, 0.1) is 5.82 Å². The Bertz CT molecular complexity index is 881. The van der Waals surface area contributed by atoms with Crippen molar-refractivity contribution in [2.75, 3.05) is 0 Å². The Balaban J connectivity index is 2.00. The van der Waals surface area contributed by atoms with Crippen LogP contribution < -0.4 is 5.63 Å². The number of aromatic nitrogens is 1. The second kappa shape index (κ2) is 4.24. The first-order valence-corrected chi connectivity index (χ1v) is 7.26. The first-order valence-electron chi connectivity index (χ1n) is 6.44. The third-order valence-corrected chi connectivity index (χ3v) is 4.79. The number of fused-ring (bicyclic) bond motifs is 3. The number of nitrogens with zero attached hydrogens (tertiary/aromatic N) is 1. The highest BCUT2D eigenvalue weighted by molar-refractivity contribution is 7.18. The smallest absolute Gasteiger partial charge is 0.348 e. The van der Waals surface area contributed by atoms with Crippen molar-refractivity contribution in [1.82, 2.24) is 4.98 Å². The largest absolute Gasteiger partial charge is 0.403 e. The summed E-state index contributed by atoms with van der Waals surface area (Å²) < 4.78 is 19.0. The quantitative estimate of drug-likeness (QED) is 0.687. The fourth-order valence-electron chi connectivity index (χ4n) is 2.68. The van der Waals surface area contributed by atoms with Gasteiger partial charge in [-0.2, -0.15) is 0 Å². The molecule has 0 fully saturated rings. The number of aryl methyl sites for hydroxylation is 2. The molecule has 0 spiro atoms. The molecule has 0 bridgehead atoms. The predicted molar refractivity (Wildman–Crippen MR) is 75.6 cm³/mol. The molecule has 0 radical (unpaired) electrons. The normalized spacial score (nSPS) is 13.8. The van der Waals surface area contributed by atoms with Gasteiger partial charge in [0.2, 0.25) is 5.89 Å². The molecule has 0 saturated carbocycles. The zero-order valence-electron chi connectivity index (χ0n) is 10.5. The Morgan fingerprint density at radius 2 is 2.10 bits per heavy atom. The monoisotopic (exact) mass is 287 g/mol. The summed E-state index contributed by atoms with van der Waals surface area (Å²) in [4.78, 5) is 18.4. The van der Waals surface area contributed by atoms with Gasteiger partial charge in [-0.3, -0.25) is 0 Å². The van der Waals surface area contributed by atoms with Crippen molar-refractivity contribution < 1.29 is 8.81 Å². The fourth-order valence-corrected chi connectivity index (χ4v) is 3.93. The zero-order valence-corrected chi connectivity index (χ0v) is 11.3. The van der Waals surface area contributed by atoms with E-state index < -0.39 is 11.4 Å². The van der Waals surface area contributed by atoms with E-state index >= 15 is 0 Å². The van der Waals surface area contributed by atoms with Gasteiger partial charge in [0.05, 0.1) is 5.56 Å². The first-order chi connectivity index (χ1) is 9.74. The van der Waals surface area contributed by atoms with Crippen LogP contribution >= 0.6 is 11.3 Å². The van der Waals surface area contributed by atoms with Crippen molar-refractivity contribution in [3.05, 3.63) is 50.9 Å². The zero-order chi connectivity index (χ0) is 13.7. The van der Waals surface area contributed by atoms with Gasteiger partial charge in [0.1, 0.15) is 16.0 Å². The van der Waals surface area contributed by atoms with Crippen LogP contribution in [0.3, 0.4) is 0 Å². The molecule has 4 rings (SSSR count).